The number of benzene rings is 1. The molecule has 0 saturated carbocycles. The van der Waals surface area contributed by atoms with Crippen LogP contribution in [0.15, 0.2) is 39.0 Å². The fraction of sp³-hybridized carbons (Fsp3) is 0.353. The second-order valence-electron chi connectivity index (χ2n) is 5.68. The van der Waals surface area contributed by atoms with Gasteiger partial charge in [-0.05, 0) is 24.1 Å². The summed E-state index contributed by atoms with van der Waals surface area (Å²) in [6.07, 6.45) is 0.862. The first-order chi connectivity index (χ1) is 12.0. The van der Waals surface area contributed by atoms with Gasteiger partial charge in [0, 0.05) is 19.3 Å². The Hall–Kier alpha value is -2.48. The van der Waals surface area contributed by atoms with Gasteiger partial charge in [0.15, 0.2) is 16.3 Å². The minimum atomic E-state index is -0.456. The molecule has 0 saturated heterocycles. The molecule has 25 heavy (non-hydrogen) atoms. The summed E-state index contributed by atoms with van der Waals surface area (Å²) in [5.74, 6) is 1.50. The highest BCUT2D eigenvalue weighted by molar-refractivity contribution is 7.98. The van der Waals surface area contributed by atoms with Crippen LogP contribution in [0.1, 0.15) is 18.9 Å². The lowest BCUT2D eigenvalue weighted by Crippen LogP contribution is -2.29. The third-order valence-electron chi connectivity index (χ3n) is 3.92. The summed E-state index contributed by atoms with van der Waals surface area (Å²) in [7, 11) is 3.25. The summed E-state index contributed by atoms with van der Waals surface area (Å²) in [6.45, 7) is 2.71. The fourth-order valence-corrected chi connectivity index (χ4v) is 3.63. The number of aryl methyl sites for hydroxylation is 2. The minimum Gasteiger partial charge on any atom is -0.497 e. The number of H-pyrrole nitrogens is 1. The molecule has 3 rings (SSSR count). The van der Waals surface area contributed by atoms with E-state index in [1.165, 1.54) is 16.3 Å². The van der Waals surface area contributed by atoms with Crippen LogP contribution in [0.5, 0.6) is 5.75 Å². The van der Waals surface area contributed by atoms with Gasteiger partial charge in [-0.15, -0.1) is 0 Å². The van der Waals surface area contributed by atoms with Gasteiger partial charge in [0.2, 0.25) is 0 Å². The van der Waals surface area contributed by atoms with Crippen molar-refractivity contribution in [3.8, 4) is 5.75 Å². The van der Waals surface area contributed by atoms with Crippen molar-refractivity contribution in [2.24, 2.45) is 7.05 Å². The average Bonchev–Trinajstić information content (AvgIpc) is 2.98. The highest BCUT2D eigenvalue weighted by Gasteiger charge is 2.17. The van der Waals surface area contributed by atoms with E-state index in [1.54, 1.807) is 14.2 Å². The smallest absolute Gasteiger partial charge is 0.329 e. The van der Waals surface area contributed by atoms with Crippen LogP contribution in [0.25, 0.3) is 11.2 Å². The third kappa shape index (κ3) is 3.34. The third-order valence-corrected chi connectivity index (χ3v) is 4.97. The first-order valence-electron chi connectivity index (χ1n) is 8.00. The summed E-state index contributed by atoms with van der Waals surface area (Å²) in [5, 5.41) is 0.728. The Morgan fingerprint density at radius 3 is 2.84 bits per heavy atom. The standard InChI is InChI=1S/C17H20N4O3S/c1-4-8-21-13-14(20(2)16(23)19-15(13)22)18-17(21)25-10-11-6-5-7-12(9-11)24-3/h5-7,9H,4,8,10H2,1-3H3,(H,19,22,23). The molecule has 8 heteroatoms. The monoisotopic (exact) mass is 360 g/mol. The predicted octanol–water partition coefficient (Wildman–Crippen LogP) is 2.13. The highest BCUT2D eigenvalue weighted by Crippen LogP contribution is 2.26. The van der Waals surface area contributed by atoms with E-state index in [2.05, 4.69) is 9.97 Å². The number of aromatic amines is 1. The number of aromatic nitrogens is 4. The molecule has 0 aliphatic heterocycles. The summed E-state index contributed by atoms with van der Waals surface area (Å²) >= 11 is 1.54. The molecule has 0 spiro atoms. The van der Waals surface area contributed by atoms with Gasteiger partial charge in [-0.3, -0.25) is 14.3 Å². The maximum absolute atomic E-state index is 12.3. The normalized spacial score (nSPS) is 11.2. The molecule has 0 aliphatic carbocycles. The SMILES string of the molecule is CCCn1c(SCc2cccc(OC)c2)nc2c1c(=O)[nH]c(=O)n2C. The van der Waals surface area contributed by atoms with E-state index >= 15 is 0 Å². The zero-order chi connectivity index (χ0) is 18.0. The molecule has 1 aromatic carbocycles. The molecule has 132 valence electrons. The summed E-state index contributed by atoms with van der Waals surface area (Å²) in [4.78, 5) is 31.0. The number of rotatable bonds is 6. The number of thioether (sulfide) groups is 1. The Kier molecular flexibility index (Phi) is 4.98. The predicted molar refractivity (Wildman–Crippen MR) is 98.4 cm³/mol. The maximum atomic E-state index is 12.3. The van der Waals surface area contributed by atoms with E-state index in [4.69, 9.17) is 4.74 Å². The molecule has 0 amide bonds. The molecule has 3 aromatic rings. The number of hydrogen-bond donors (Lipinski definition) is 1. The van der Waals surface area contributed by atoms with Crippen LogP contribution in [0.3, 0.4) is 0 Å². The van der Waals surface area contributed by atoms with E-state index in [9.17, 15) is 9.59 Å². The Morgan fingerprint density at radius 1 is 1.32 bits per heavy atom. The van der Waals surface area contributed by atoms with Gasteiger partial charge in [0.05, 0.1) is 7.11 Å². The van der Waals surface area contributed by atoms with E-state index < -0.39 is 11.2 Å². The quantitative estimate of drug-likeness (QED) is 0.681. The Morgan fingerprint density at radius 2 is 2.12 bits per heavy atom. The number of nitrogens with zero attached hydrogens (tertiary/aromatic N) is 3. The van der Waals surface area contributed by atoms with Crippen molar-refractivity contribution in [1.29, 1.82) is 0 Å². The topological polar surface area (TPSA) is 81.9 Å². The molecule has 0 bridgehead atoms. The van der Waals surface area contributed by atoms with E-state index in [0.29, 0.717) is 23.5 Å². The van der Waals surface area contributed by atoms with E-state index in [-0.39, 0.29) is 0 Å². The van der Waals surface area contributed by atoms with Crippen LogP contribution < -0.4 is 16.0 Å². The number of fused-ring (bicyclic) bond motifs is 1. The van der Waals surface area contributed by atoms with E-state index in [1.807, 2.05) is 35.8 Å². The Balaban J connectivity index is 2.01. The zero-order valence-electron chi connectivity index (χ0n) is 14.4. The van der Waals surface area contributed by atoms with Gasteiger partial charge in [-0.2, -0.15) is 0 Å². The van der Waals surface area contributed by atoms with Crippen LogP contribution in [0.4, 0.5) is 0 Å². The molecule has 1 N–H and O–H groups in total. The number of imidazole rings is 1. The van der Waals surface area contributed by atoms with Crippen LogP contribution in [0, 0.1) is 0 Å². The summed E-state index contributed by atoms with van der Waals surface area (Å²) in [6, 6.07) is 7.83. The first-order valence-corrected chi connectivity index (χ1v) is 8.99. The highest BCUT2D eigenvalue weighted by atomic mass is 32.2. The maximum Gasteiger partial charge on any atom is 0.329 e. The van der Waals surface area contributed by atoms with Crippen molar-refractivity contribution in [1.82, 2.24) is 19.1 Å². The van der Waals surface area contributed by atoms with E-state index in [0.717, 1.165) is 22.9 Å². The molecule has 7 nitrogen and oxygen atoms in total. The van der Waals surface area contributed by atoms with Gasteiger partial charge in [-0.25, -0.2) is 9.78 Å². The van der Waals surface area contributed by atoms with Crippen molar-refractivity contribution >= 4 is 22.9 Å². The van der Waals surface area contributed by atoms with Gasteiger partial charge in [0.25, 0.3) is 5.56 Å². The largest absolute Gasteiger partial charge is 0.497 e. The molecular weight excluding hydrogens is 340 g/mol. The molecule has 0 radical (unpaired) electrons. The van der Waals surface area contributed by atoms with Gasteiger partial charge >= 0.3 is 5.69 Å². The molecule has 0 atom stereocenters. The fourth-order valence-electron chi connectivity index (χ4n) is 2.67. The van der Waals surface area contributed by atoms with Gasteiger partial charge in [0.1, 0.15) is 5.75 Å². The van der Waals surface area contributed by atoms with Crippen molar-refractivity contribution in [3.63, 3.8) is 0 Å². The number of ether oxygens (including phenoxy) is 1. The summed E-state index contributed by atoms with van der Waals surface area (Å²) < 4.78 is 8.51. The number of nitrogens with one attached hydrogen (secondary N) is 1. The van der Waals surface area contributed by atoms with Crippen LogP contribution in [0.2, 0.25) is 0 Å². The van der Waals surface area contributed by atoms with Gasteiger partial charge < -0.3 is 9.30 Å². The Labute approximate surface area is 148 Å². The van der Waals surface area contributed by atoms with Crippen molar-refractivity contribution in [3.05, 3.63) is 50.7 Å². The van der Waals surface area contributed by atoms with Gasteiger partial charge in [-0.1, -0.05) is 30.8 Å². The second kappa shape index (κ2) is 7.18. The number of methoxy groups -OCH3 is 1. The molecule has 0 aliphatic rings. The van der Waals surface area contributed by atoms with Crippen molar-refractivity contribution in [2.75, 3.05) is 7.11 Å². The minimum absolute atomic E-state index is 0.396. The lowest BCUT2D eigenvalue weighted by atomic mass is 10.2. The molecular formula is C17H20N4O3S. The Bertz CT molecular complexity index is 1020. The molecule has 2 aromatic heterocycles. The number of hydrogen-bond acceptors (Lipinski definition) is 5. The van der Waals surface area contributed by atoms with Crippen molar-refractivity contribution in [2.45, 2.75) is 30.8 Å². The first kappa shape index (κ1) is 17.3. The lowest BCUT2D eigenvalue weighted by molar-refractivity contribution is 0.414. The second-order valence-corrected chi connectivity index (χ2v) is 6.62. The molecule has 2 heterocycles. The summed E-state index contributed by atoms with van der Waals surface area (Å²) in [5.41, 5.74) is 1.10. The molecule has 0 unspecified atom stereocenters. The van der Waals surface area contributed by atoms with Crippen LogP contribution in [-0.4, -0.2) is 26.2 Å². The molecule has 0 fully saturated rings. The lowest BCUT2D eigenvalue weighted by Gasteiger charge is -2.07. The van der Waals surface area contributed by atoms with Crippen molar-refractivity contribution < 1.29 is 4.74 Å². The average molecular weight is 360 g/mol. The van der Waals surface area contributed by atoms with Crippen LogP contribution in [-0.2, 0) is 19.3 Å². The zero-order valence-corrected chi connectivity index (χ0v) is 15.2. The van der Waals surface area contributed by atoms with Crippen LogP contribution >= 0.6 is 11.8 Å².